The van der Waals surface area contributed by atoms with Gasteiger partial charge in [0.15, 0.2) is 0 Å². The van der Waals surface area contributed by atoms with Gasteiger partial charge in [0, 0.05) is 24.4 Å². The summed E-state index contributed by atoms with van der Waals surface area (Å²) in [6.07, 6.45) is 4.30. The summed E-state index contributed by atoms with van der Waals surface area (Å²) in [5, 5.41) is 7.06. The lowest BCUT2D eigenvalue weighted by Crippen LogP contribution is -2.24. The third-order valence-corrected chi connectivity index (χ3v) is 3.30. The van der Waals surface area contributed by atoms with Crippen molar-refractivity contribution in [2.75, 3.05) is 6.54 Å². The number of aromatic nitrogens is 2. The van der Waals surface area contributed by atoms with E-state index < -0.39 is 17.7 Å². The van der Waals surface area contributed by atoms with Crippen LogP contribution in [0.25, 0.3) is 0 Å². The summed E-state index contributed by atoms with van der Waals surface area (Å²) in [5.41, 5.74) is 1.01. The smallest absolute Gasteiger partial charge is 0.142 e. The highest BCUT2D eigenvalue weighted by Crippen LogP contribution is 2.28. The number of nitrogens with one attached hydrogen (secondary N) is 1. The highest BCUT2D eigenvalue weighted by atomic mass is 35.5. The molecule has 1 atom stereocenters. The van der Waals surface area contributed by atoms with Crippen molar-refractivity contribution in [3.05, 3.63) is 52.3 Å². The highest BCUT2D eigenvalue weighted by Gasteiger charge is 2.20. The van der Waals surface area contributed by atoms with Crippen LogP contribution in [0, 0.1) is 11.6 Å². The first-order valence-electron chi connectivity index (χ1n) is 6.39. The van der Waals surface area contributed by atoms with E-state index in [1.54, 1.807) is 24.1 Å². The monoisotopic (exact) mass is 299 g/mol. The highest BCUT2D eigenvalue weighted by molar-refractivity contribution is 6.30. The second kappa shape index (κ2) is 6.33. The number of nitrogens with zero attached hydrogens (tertiary/aromatic N) is 2. The first-order valence-corrected chi connectivity index (χ1v) is 6.77. The molecule has 0 fully saturated rings. The van der Waals surface area contributed by atoms with Crippen LogP contribution in [0.1, 0.15) is 30.5 Å². The summed E-state index contributed by atoms with van der Waals surface area (Å²) >= 11 is 5.59. The Kier molecular flexibility index (Phi) is 4.73. The van der Waals surface area contributed by atoms with E-state index >= 15 is 0 Å². The number of benzene rings is 1. The van der Waals surface area contributed by atoms with Crippen molar-refractivity contribution in [3.63, 3.8) is 0 Å². The lowest BCUT2D eigenvalue weighted by Gasteiger charge is -2.18. The summed E-state index contributed by atoms with van der Waals surface area (Å²) in [7, 11) is 1.78. The van der Waals surface area contributed by atoms with E-state index in [2.05, 4.69) is 10.4 Å². The van der Waals surface area contributed by atoms with Gasteiger partial charge in [-0.25, -0.2) is 8.78 Å². The van der Waals surface area contributed by atoms with Crippen LogP contribution < -0.4 is 5.32 Å². The quantitative estimate of drug-likeness (QED) is 0.857. The molecule has 1 N–H and O–H groups in total. The third-order valence-electron chi connectivity index (χ3n) is 3.01. The molecule has 1 aromatic carbocycles. The average Bonchev–Trinajstić information content (AvgIpc) is 2.82. The Labute approximate surface area is 121 Å². The van der Waals surface area contributed by atoms with Crippen molar-refractivity contribution in [1.82, 2.24) is 15.1 Å². The number of rotatable bonds is 5. The number of hydrogen-bond donors (Lipinski definition) is 1. The van der Waals surface area contributed by atoms with Gasteiger partial charge in [0.25, 0.3) is 0 Å². The van der Waals surface area contributed by atoms with Crippen LogP contribution in [0.3, 0.4) is 0 Å². The van der Waals surface area contributed by atoms with Gasteiger partial charge in [-0.15, -0.1) is 0 Å². The molecule has 2 rings (SSSR count). The van der Waals surface area contributed by atoms with Gasteiger partial charge in [-0.2, -0.15) is 5.10 Å². The average molecular weight is 300 g/mol. The molecule has 3 nitrogen and oxygen atoms in total. The van der Waals surface area contributed by atoms with Crippen LogP contribution >= 0.6 is 11.6 Å². The predicted octanol–water partition coefficient (Wildman–Crippen LogP) is 3.44. The zero-order valence-electron chi connectivity index (χ0n) is 11.3. The second-order valence-electron chi connectivity index (χ2n) is 4.62. The van der Waals surface area contributed by atoms with Gasteiger partial charge < -0.3 is 5.32 Å². The molecule has 0 spiro atoms. The fourth-order valence-electron chi connectivity index (χ4n) is 2.04. The Bertz CT molecular complexity index is 598. The van der Waals surface area contributed by atoms with Crippen molar-refractivity contribution in [1.29, 1.82) is 0 Å². The van der Waals surface area contributed by atoms with Crippen molar-refractivity contribution < 1.29 is 8.78 Å². The van der Waals surface area contributed by atoms with Gasteiger partial charge in [-0.3, -0.25) is 4.68 Å². The van der Waals surface area contributed by atoms with Gasteiger partial charge in [-0.05, 0) is 25.1 Å². The lowest BCUT2D eigenvalue weighted by atomic mass is 10.0. The molecule has 1 unspecified atom stereocenters. The van der Waals surface area contributed by atoms with E-state index in [4.69, 9.17) is 11.6 Å². The van der Waals surface area contributed by atoms with Gasteiger partial charge >= 0.3 is 0 Å². The Balaban J connectivity index is 2.43. The molecule has 0 radical (unpaired) electrons. The SMILES string of the molecule is CCCNC(c1cnn(C)c1)c1cc(F)c(Cl)cc1F. The van der Waals surface area contributed by atoms with Crippen molar-refractivity contribution in [2.24, 2.45) is 7.05 Å². The van der Waals surface area contributed by atoms with Crippen LogP contribution in [0.15, 0.2) is 24.5 Å². The number of aryl methyl sites for hydroxylation is 1. The normalized spacial score (nSPS) is 12.7. The molecule has 0 saturated heterocycles. The minimum atomic E-state index is -0.629. The van der Waals surface area contributed by atoms with Crippen molar-refractivity contribution >= 4 is 11.6 Å². The van der Waals surface area contributed by atoms with Gasteiger partial charge in [0.1, 0.15) is 11.6 Å². The minimum Gasteiger partial charge on any atom is -0.306 e. The maximum absolute atomic E-state index is 14.1. The van der Waals surface area contributed by atoms with E-state index in [9.17, 15) is 8.78 Å². The zero-order chi connectivity index (χ0) is 14.7. The number of halogens is 3. The molecule has 0 amide bonds. The molecule has 0 bridgehead atoms. The minimum absolute atomic E-state index is 0.216. The Morgan fingerprint density at radius 3 is 2.70 bits per heavy atom. The standard InChI is InChI=1S/C14H16ClF2N3/c1-3-4-18-14(9-7-19-20(2)8-9)10-5-13(17)11(15)6-12(10)16/h5-8,14,18H,3-4H2,1-2H3. The van der Waals surface area contributed by atoms with Crippen LogP contribution in [0.5, 0.6) is 0 Å². The van der Waals surface area contributed by atoms with Gasteiger partial charge in [-0.1, -0.05) is 18.5 Å². The predicted molar refractivity (Wildman–Crippen MR) is 74.7 cm³/mol. The number of hydrogen-bond acceptors (Lipinski definition) is 2. The van der Waals surface area contributed by atoms with E-state index in [0.717, 1.165) is 24.1 Å². The largest absolute Gasteiger partial charge is 0.306 e. The maximum Gasteiger partial charge on any atom is 0.142 e. The molecule has 0 aliphatic heterocycles. The van der Waals surface area contributed by atoms with E-state index in [0.29, 0.717) is 6.54 Å². The van der Waals surface area contributed by atoms with Crippen molar-refractivity contribution in [2.45, 2.75) is 19.4 Å². The topological polar surface area (TPSA) is 29.9 Å². The fourth-order valence-corrected chi connectivity index (χ4v) is 2.19. The maximum atomic E-state index is 14.1. The first kappa shape index (κ1) is 14.9. The molecule has 6 heteroatoms. The zero-order valence-corrected chi connectivity index (χ0v) is 12.1. The summed E-state index contributed by atoms with van der Waals surface area (Å²) in [5.74, 6) is -1.16. The molecule has 2 aromatic rings. The second-order valence-corrected chi connectivity index (χ2v) is 5.03. The van der Waals surface area contributed by atoms with Crippen molar-refractivity contribution in [3.8, 4) is 0 Å². The summed E-state index contributed by atoms with van der Waals surface area (Å²) in [6, 6.07) is 1.69. The summed E-state index contributed by atoms with van der Waals surface area (Å²) < 4.78 is 29.3. The molecule has 0 aliphatic carbocycles. The van der Waals surface area contributed by atoms with Gasteiger partial charge in [0.05, 0.1) is 17.3 Å². The molecule has 1 aromatic heterocycles. The fraction of sp³-hybridized carbons (Fsp3) is 0.357. The molecule has 0 aliphatic rings. The van der Waals surface area contributed by atoms with E-state index in [1.165, 1.54) is 0 Å². The van der Waals surface area contributed by atoms with E-state index in [1.807, 2.05) is 6.92 Å². The lowest BCUT2D eigenvalue weighted by molar-refractivity contribution is 0.535. The summed E-state index contributed by atoms with van der Waals surface area (Å²) in [6.45, 7) is 2.69. The van der Waals surface area contributed by atoms with Crippen LogP contribution in [-0.2, 0) is 7.05 Å². The van der Waals surface area contributed by atoms with Gasteiger partial charge in [0.2, 0.25) is 0 Å². The Hall–Kier alpha value is -1.46. The molecule has 1 heterocycles. The van der Waals surface area contributed by atoms with Crippen LogP contribution in [0.2, 0.25) is 5.02 Å². The summed E-state index contributed by atoms with van der Waals surface area (Å²) in [4.78, 5) is 0. The first-order chi connectivity index (χ1) is 9.52. The Morgan fingerprint density at radius 1 is 1.35 bits per heavy atom. The molecular weight excluding hydrogens is 284 g/mol. The molecule has 0 saturated carbocycles. The molecule has 108 valence electrons. The molecular formula is C14H16ClF2N3. The Morgan fingerprint density at radius 2 is 2.10 bits per heavy atom. The van der Waals surface area contributed by atoms with E-state index in [-0.39, 0.29) is 10.6 Å². The van der Waals surface area contributed by atoms with Crippen LogP contribution in [-0.4, -0.2) is 16.3 Å². The van der Waals surface area contributed by atoms with Crippen LogP contribution in [0.4, 0.5) is 8.78 Å². The molecule has 20 heavy (non-hydrogen) atoms. The third kappa shape index (κ3) is 3.16.